The van der Waals surface area contributed by atoms with Gasteiger partial charge in [-0.1, -0.05) is 6.92 Å². The normalized spacial score (nSPS) is 24.8. The molecule has 0 saturated carbocycles. The third-order valence-corrected chi connectivity index (χ3v) is 5.00. The number of hydrogen-bond acceptors (Lipinski definition) is 4. The van der Waals surface area contributed by atoms with Crippen LogP contribution >= 0.6 is 23.7 Å². The summed E-state index contributed by atoms with van der Waals surface area (Å²) in [5.41, 5.74) is 8.99. The van der Waals surface area contributed by atoms with E-state index in [1.54, 1.807) is 11.3 Å². The molecule has 1 aliphatic heterocycles. The van der Waals surface area contributed by atoms with Gasteiger partial charge in [-0.05, 0) is 44.7 Å². The molecular formula is C13H24ClN3S. The Bertz CT molecular complexity index is 356. The van der Waals surface area contributed by atoms with Crippen molar-refractivity contribution in [2.24, 2.45) is 17.6 Å². The lowest BCUT2D eigenvalue weighted by molar-refractivity contribution is 0.134. The van der Waals surface area contributed by atoms with E-state index < -0.39 is 0 Å². The molecule has 18 heavy (non-hydrogen) atoms. The summed E-state index contributed by atoms with van der Waals surface area (Å²) in [5, 5.41) is 0. The van der Waals surface area contributed by atoms with E-state index in [1.165, 1.54) is 30.1 Å². The van der Waals surface area contributed by atoms with Crippen LogP contribution in [0.15, 0.2) is 5.51 Å². The summed E-state index contributed by atoms with van der Waals surface area (Å²) >= 11 is 1.78. The molecule has 0 aliphatic carbocycles. The topological polar surface area (TPSA) is 42.2 Å². The van der Waals surface area contributed by atoms with Gasteiger partial charge in [0.2, 0.25) is 0 Å². The van der Waals surface area contributed by atoms with Gasteiger partial charge < -0.3 is 10.6 Å². The number of piperidine rings is 1. The highest BCUT2D eigenvalue weighted by Gasteiger charge is 2.24. The van der Waals surface area contributed by atoms with Crippen LogP contribution in [0, 0.1) is 18.8 Å². The van der Waals surface area contributed by atoms with Gasteiger partial charge in [-0.15, -0.1) is 23.7 Å². The van der Waals surface area contributed by atoms with Crippen molar-refractivity contribution in [3.8, 4) is 0 Å². The largest absolute Gasteiger partial charge is 0.330 e. The van der Waals surface area contributed by atoms with Crippen molar-refractivity contribution >= 4 is 23.7 Å². The summed E-state index contributed by atoms with van der Waals surface area (Å²) in [4.78, 5) is 8.31. The van der Waals surface area contributed by atoms with Crippen molar-refractivity contribution in [2.75, 3.05) is 26.2 Å². The molecule has 0 aromatic carbocycles. The van der Waals surface area contributed by atoms with Gasteiger partial charge in [0.1, 0.15) is 0 Å². The van der Waals surface area contributed by atoms with E-state index in [-0.39, 0.29) is 12.4 Å². The minimum atomic E-state index is 0. The molecule has 0 spiro atoms. The Morgan fingerprint density at radius 2 is 2.33 bits per heavy atom. The van der Waals surface area contributed by atoms with Crippen LogP contribution in [-0.4, -0.2) is 36.1 Å². The first-order valence-electron chi connectivity index (χ1n) is 6.52. The molecule has 2 heterocycles. The van der Waals surface area contributed by atoms with Crippen molar-refractivity contribution in [3.63, 3.8) is 0 Å². The molecule has 1 fully saturated rings. The number of rotatable bonds is 4. The van der Waals surface area contributed by atoms with Crippen LogP contribution < -0.4 is 5.73 Å². The van der Waals surface area contributed by atoms with Gasteiger partial charge in [0.15, 0.2) is 0 Å². The fraction of sp³-hybridized carbons (Fsp3) is 0.769. The fourth-order valence-electron chi connectivity index (χ4n) is 2.56. The second kappa shape index (κ2) is 7.43. The summed E-state index contributed by atoms with van der Waals surface area (Å²) < 4.78 is 0. The van der Waals surface area contributed by atoms with Crippen LogP contribution in [0.25, 0.3) is 0 Å². The predicted octanol–water partition coefficient (Wildman–Crippen LogP) is 2.33. The van der Waals surface area contributed by atoms with Gasteiger partial charge in [0.05, 0.1) is 11.2 Å². The predicted molar refractivity (Wildman–Crippen MR) is 80.6 cm³/mol. The highest BCUT2D eigenvalue weighted by atomic mass is 35.5. The van der Waals surface area contributed by atoms with E-state index in [9.17, 15) is 0 Å². The summed E-state index contributed by atoms with van der Waals surface area (Å²) in [6.45, 7) is 8.84. The SMILES string of the molecule is Cc1ncsc1CCN1CCC(C)C(CN)C1.Cl. The molecule has 5 heteroatoms. The van der Waals surface area contributed by atoms with Crippen LogP contribution in [0.1, 0.15) is 23.9 Å². The van der Waals surface area contributed by atoms with Crippen LogP contribution in [0.4, 0.5) is 0 Å². The van der Waals surface area contributed by atoms with Crippen molar-refractivity contribution < 1.29 is 0 Å². The molecule has 1 saturated heterocycles. The molecule has 2 rings (SSSR count). The Labute approximate surface area is 120 Å². The van der Waals surface area contributed by atoms with Gasteiger partial charge >= 0.3 is 0 Å². The molecule has 0 bridgehead atoms. The van der Waals surface area contributed by atoms with E-state index >= 15 is 0 Å². The number of nitrogens with two attached hydrogens (primary N) is 1. The van der Waals surface area contributed by atoms with Crippen LogP contribution in [0.5, 0.6) is 0 Å². The Balaban J connectivity index is 0.00000162. The number of aromatic nitrogens is 1. The Kier molecular flexibility index (Phi) is 6.57. The number of nitrogens with zero attached hydrogens (tertiary/aromatic N) is 2. The standard InChI is InChI=1S/C13H23N3S.ClH/c1-10-3-5-16(8-12(10)7-14)6-4-13-11(2)15-9-17-13;/h9-10,12H,3-8,14H2,1-2H3;1H. The summed E-state index contributed by atoms with van der Waals surface area (Å²) in [6, 6.07) is 0. The Hall–Kier alpha value is -0.160. The van der Waals surface area contributed by atoms with Crippen LogP contribution in [0.2, 0.25) is 0 Å². The highest BCUT2D eigenvalue weighted by molar-refractivity contribution is 7.09. The quantitative estimate of drug-likeness (QED) is 0.925. The summed E-state index contributed by atoms with van der Waals surface area (Å²) in [5.74, 6) is 1.48. The average molecular weight is 290 g/mol. The highest BCUT2D eigenvalue weighted by Crippen LogP contribution is 2.23. The lowest BCUT2D eigenvalue weighted by atomic mass is 9.87. The van der Waals surface area contributed by atoms with E-state index in [2.05, 4.69) is 23.7 Å². The van der Waals surface area contributed by atoms with Crippen molar-refractivity contribution in [3.05, 3.63) is 16.1 Å². The molecule has 2 N–H and O–H groups in total. The maximum Gasteiger partial charge on any atom is 0.0797 e. The molecule has 1 aromatic rings. The van der Waals surface area contributed by atoms with Gasteiger partial charge in [0, 0.05) is 18.0 Å². The van der Waals surface area contributed by atoms with E-state index in [0.29, 0.717) is 5.92 Å². The molecular weight excluding hydrogens is 266 g/mol. The second-order valence-corrected chi connectivity index (χ2v) is 6.11. The first-order valence-corrected chi connectivity index (χ1v) is 7.40. The number of thiazole rings is 1. The van der Waals surface area contributed by atoms with Gasteiger partial charge in [0.25, 0.3) is 0 Å². The lowest BCUT2D eigenvalue weighted by Gasteiger charge is -2.36. The molecule has 0 amide bonds. The van der Waals surface area contributed by atoms with Crippen molar-refractivity contribution in [1.29, 1.82) is 0 Å². The zero-order valence-electron chi connectivity index (χ0n) is 11.3. The monoisotopic (exact) mass is 289 g/mol. The minimum Gasteiger partial charge on any atom is -0.330 e. The van der Waals surface area contributed by atoms with E-state index in [0.717, 1.165) is 25.4 Å². The first-order chi connectivity index (χ1) is 8.20. The zero-order chi connectivity index (χ0) is 12.3. The van der Waals surface area contributed by atoms with Crippen LogP contribution in [0.3, 0.4) is 0 Å². The molecule has 3 nitrogen and oxygen atoms in total. The fourth-order valence-corrected chi connectivity index (χ4v) is 3.33. The zero-order valence-corrected chi connectivity index (χ0v) is 12.9. The number of likely N-dealkylation sites (tertiary alicyclic amines) is 1. The number of hydrogen-bond donors (Lipinski definition) is 1. The third-order valence-electron chi connectivity index (χ3n) is 4.00. The molecule has 2 atom stereocenters. The van der Waals surface area contributed by atoms with Gasteiger partial charge in [-0.25, -0.2) is 4.98 Å². The Morgan fingerprint density at radius 1 is 1.56 bits per heavy atom. The van der Waals surface area contributed by atoms with Crippen molar-refractivity contribution in [1.82, 2.24) is 9.88 Å². The maximum atomic E-state index is 5.84. The second-order valence-electron chi connectivity index (χ2n) is 5.17. The molecule has 0 radical (unpaired) electrons. The lowest BCUT2D eigenvalue weighted by Crippen LogP contribution is -2.43. The molecule has 104 valence electrons. The summed E-state index contributed by atoms with van der Waals surface area (Å²) in [7, 11) is 0. The Morgan fingerprint density at radius 3 is 2.94 bits per heavy atom. The average Bonchev–Trinajstić information content (AvgIpc) is 2.74. The smallest absolute Gasteiger partial charge is 0.0797 e. The molecule has 2 unspecified atom stereocenters. The summed E-state index contributed by atoms with van der Waals surface area (Å²) in [6.07, 6.45) is 2.44. The van der Waals surface area contributed by atoms with E-state index in [4.69, 9.17) is 5.73 Å². The van der Waals surface area contributed by atoms with E-state index in [1.807, 2.05) is 5.51 Å². The number of halogens is 1. The third kappa shape index (κ3) is 3.92. The van der Waals surface area contributed by atoms with Gasteiger partial charge in [-0.2, -0.15) is 0 Å². The van der Waals surface area contributed by atoms with Crippen molar-refractivity contribution in [2.45, 2.75) is 26.7 Å². The number of aryl methyl sites for hydroxylation is 1. The first kappa shape index (κ1) is 15.9. The van der Waals surface area contributed by atoms with Crippen LogP contribution in [-0.2, 0) is 6.42 Å². The molecule has 1 aromatic heterocycles. The maximum absolute atomic E-state index is 5.84. The minimum absolute atomic E-state index is 0. The molecule has 1 aliphatic rings. The van der Waals surface area contributed by atoms with Gasteiger partial charge in [-0.3, -0.25) is 0 Å².